The van der Waals surface area contributed by atoms with Crippen LogP contribution in [0.2, 0.25) is 0 Å². The van der Waals surface area contributed by atoms with Crippen LogP contribution < -0.4 is 0 Å². The molecule has 0 bridgehead atoms. The second kappa shape index (κ2) is 6.31. The topological polar surface area (TPSA) is 63.9 Å². The summed E-state index contributed by atoms with van der Waals surface area (Å²) >= 11 is 1.50. The molecule has 2 aliphatic rings. The fourth-order valence-electron chi connectivity index (χ4n) is 2.91. The number of carbonyl (C=O) groups is 1. The molecule has 1 amide bonds. The predicted octanol–water partition coefficient (Wildman–Crippen LogP) is 2.39. The van der Waals surface area contributed by atoms with Crippen molar-refractivity contribution in [3.05, 3.63) is 24.5 Å². The van der Waals surface area contributed by atoms with Gasteiger partial charge in [-0.1, -0.05) is 11.8 Å². The van der Waals surface area contributed by atoms with E-state index in [9.17, 15) is 4.79 Å². The van der Waals surface area contributed by atoms with Crippen LogP contribution in [-0.2, 0) is 4.79 Å². The summed E-state index contributed by atoms with van der Waals surface area (Å²) in [7, 11) is 0. The minimum Gasteiger partial charge on any atom is -0.342 e. The third kappa shape index (κ3) is 3.10. The average Bonchev–Trinajstić information content (AvgIpc) is 3.12. The van der Waals surface area contributed by atoms with E-state index in [1.807, 2.05) is 23.2 Å². The standard InChI is InChI=1S/C16H19N5OS/c22-14(20-8-1-2-9-20)11-23-16-19-18-15(21(16)13-5-6-13)12-4-3-7-17-10-12/h3-4,7,10,13H,1-2,5-6,8-9,11H2. The van der Waals surface area contributed by atoms with Crippen LogP contribution in [0.3, 0.4) is 0 Å². The van der Waals surface area contributed by atoms with Crippen LogP contribution in [-0.4, -0.2) is 49.4 Å². The van der Waals surface area contributed by atoms with Crippen LogP contribution in [0.25, 0.3) is 11.4 Å². The zero-order valence-electron chi connectivity index (χ0n) is 12.9. The van der Waals surface area contributed by atoms with Gasteiger partial charge in [-0.05, 0) is 37.8 Å². The van der Waals surface area contributed by atoms with E-state index in [0.29, 0.717) is 11.8 Å². The molecular weight excluding hydrogens is 310 g/mol. The molecule has 1 aliphatic carbocycles. The van der Waals surface area contributed by atoms with Crippen molar-refractivity contribution in [3.63, 3.8) is 0 Å². The number of nitrogens with zero attached hydrogens (tertiary/aromatic N) is 5. The van der Waals surface area contributed by atoms with Crippen molar-refractivity contribution < 1.29 is 4.79 Å². The summed E-state index contributed by atoms with van der Waals surface area (Å²) in [5.41, 5.74) is 0.976. The van der Waals surface area contributed by atoms with E-state index < -0.39 is 0 Å². The van der Waals surface area contributed by atoms with E-state index in [1.165, 1.54) is 11.8 Å². The van der Waals surface area contributed by atoms with Gasteiger partial charge >= 0.3 is 0 Å². The van der Waals surface area contributed by atoms with Crippen molar-refractivity contribution in [1.82, 2.24) is 24.6 Å². The van der Waals surface area contributed by atoms with E-state index in [2.05, 4.69) is 19.7 Å². The zero-order chi connectivity index (χ0) is 15.6. The van der Waals surface area contributed by atoms with E-state index in [-0.39, 0.29) is 5.91 Å². The summed E-state index contributed by atoms with van der Waals surface area (Å²) in [5, 5.41) is 9.53. The number of rotatable bonds is 5. The van der Waals surface area contributed by atoms with Crippen molar-refractivity contribution in [2.24, 2.45) is 0 Å². The second-order valence-electron chi connectivity index (χ2n) is 6.03. The lowest BCUT2D eigenvalue weighted by atomic mass is 10.3. The van der Waals surface area contributed by atoms with Crippen LogP contribution in [0.1, 0.15) is 31.7 Å². The van der Waals surface area contributed by atoms with Gasteiger partial charge in [-0.3, -0.25) is 14.3 Å². The molecule has 2 aromatic heterocycles. The van der Waals surface area contributed by atoms with Gasteiger partial charge in [0, 0.05) is 37.1 Å². The number of hydrogen-bond donors (Lipinski definition) is 0. The van der Waals surface area contributed by atoms with Gasteiger partial charge in [0.25, 0.3) is 0 Å². The molecule has 1 aliphatic heterocycles. The van der Waals surface area contributed by atoms with Crippen LogP contribution in [0.15, 0.2) is 29.7 Å². The van der Waals surface area contributed by atoms with E-state index in [0.717, 1.165) is 55.3 Å². The Labute approximate surface area is 139 Å². The van der Waals surface area contributed by atoms with Gasteiger partial charge in [-0.2, -0.15) is 0 Å². The highest BCUT2D eigenvalue weighted by molar-refractivity contribution is 7.99. The SMILES string of the molecule is O=C(CSc1nnc(-c2cccnc2)n1C1CC1)N1CCCC1. The maximum absolute atomic E-state index is 12.2. The highest BCUT2D eigenvalue weighted by Gasteiger charge is 2.30. The Bertz CT molecular complexity index is 692. The molecule has 120 valence electrons. The third-order valence-electron chi connectivity index (χ3n) is 4.28. The molecule has 3 heterocycles. The largest absolute Gasteiger partial charge is 0.342 e. The van der Waals surface area contributed by atoms with Gasteiger partial charge in [0.1, 0.15) is 0 Å². The maximum atomic E-state index is 12.2. The number of carbonyl (C=O) groups excluding carboxylic acids is 1. The molecule has 1 saturated carbocycles. The van der Waals surface area contributed by atoms with E-state index in [4.69, 9.17) is 0 Å². The fourth-order valence-corrected chi connectivity index (χ4v) is 3.82. The van der Waals surface area contributed by atoms with Gasteiger partial charge < -0.3 is 4.90 Å². The van der Waals surface area contributed by atoms with Crippen LogP contribution in [0.5, 0.6) is 0 Å². The van der Waals surface area contributed by atoms with E-state index >= 15 is 0 Å². The van der Waals surface area contributed by atoms with Crippen molar-refractivity contribution in [2.75, 3.05) is 18.8 Å². The van der Waals surface area contributed by atoms with Crippen LogP contribution >= 0.6 is 11.8 Å². The minimum absolute atomic E-state index is 0.209. The number of amides is 1. The predicted molar refractivity (Wildman–Crippen MR) is 88.1 cm³/mol. The van der Waals surface area contributed by atoms with Crippen LogP contribution in [0, 0.1) is 0 Å². The molecule has 6 nitrogen and oxygen atoms in total. The summed E-state index contributed by atoms with van der Waals surface area (Å²) in [4.78, 5) is 18.4. The number of thioether (sulfide) groups is 1. The minimum atomic E-state index is 0.209. The number of aromatic nitrogens is 4. The summed E-state index contributed by atoms with van der Waals surface area (Å²) in [6.07, 6.45) is 8.12. The summed E-state index contributed by atoms with van der Waals surface area (Å²) in [5.74, 6) is 1.51. The molecule has 0 aromatic carbocycles. The Balaban J connectivity index is 1.52. The first-order valence-corrected chi connectivity index (χ1v) is 9.07. The first kappa shape index (κ1) is 14.7. The Morgan fingerprint density at radius 3 is 2.78 bits per heavy atom. The van der Waals surface area contributed by atoms with Gasteiger partial charge in [0.2, 0.25) is 5.91 Å². The number of pyridine rings is 1. The highest BCUT2D eigenvalue weighted by atomic mass is 32.2. The van der Waals surface area contributed by atoms with Gasteiger partial charge in [-0.15, -0.1) is 10.2 Å². The van der Waals surface area contributed by atoms with Crippen LogP contribution in [0.4, 0.5) is 0 Å². The lowest BCUT2D eigenvalue weighted by Gasteiger charge is -2.14. The molecule has 2 fully saturated rings. The molecule has 0 spiro atoms. The van der Waals surface area contributed by atoms with E-state index in [1.54, 1.807) is 6.20 Å². The average molecular weight is 329 g/mol. The van der Waals surface area contributed by atoms with Crippen molar-refractivity contribution in [1.29, 1.82) is 0 Å². The Morgan fingerprint density at radius 2 is 2.09 bits per heavy atom. The van der Waals surface area contributed by atoms with Gasteiger partial charge in [-0.25, -0.2) is 0 Å². The highest BCUT2D eigenvalue weighted by Crippen LogP contribution is 2.40. The smallest absolute Gasteiger partial charge is 0.233 e. The summed E-state index contributed by atoms with van der Waals surface area (Å²) < 4.78 is 2.18. The summed E-state index contributed by atoms with van der Waals surface area (Å²) in [6.45, 7) is 1.80. The molecule has 2 aromatic rings. The molecule has 1 saturated heterocycles. The molecule has 23 heavy (non-hydrogen) atoms. The Kier molecular flexibility index (Phi) is 4.03. The monoisotopic (exact) mass is 329 g/mol. The first-order chi connectivity index (χ1) is 11.3. The second-order valence-corrected chi connectivity index (χ2v) is 6.97. The fraction of sp³-hybridized carbons (Fsp3) is 0.500. The van der Waals surface area contributed by atoms with Crippen molar-refractivity contribution >= 4 is 17.7 Å². The molecule has 0 unspecified atom stereocenters. The lowest BCUT2D eigenvalue weighted by Crippen LogP contribution is -2.29. The van der Waals surface area contributed by atoms with Crippen molar-refractivity contribution in [2.45, 2.75) is 36.9 Å². The van der Waals surface area contributed by atoms with Gasteiger partial charge in [0.15, 0.2) is 11.0 Å². The Morgan fingerprint density at radius 1 is 1.26 bits per heavy atom. The number of hydrogen-bond acceptors (Lipinski definition) is 5. The van der Waals surface area contributed by atoms with Gasteiger partial charge in [0.05, 0.1) is 5.75 Å². The third-order valence-corrected chi connectivity index (χ3v) is 5.21. The Hall–Kier alpha value is -1.89. The normalized spacial score (nSPS) is 17.7. The molecular formula is C16H19N5OS. The number of likely N-dealkylation sites (tertiary alicyclic amines) is 1. The molecule has 0 radical (unpaired) electrons. The van der Waals surface area contributed by atoms with Crippen molar-refractivity contribution in [3.8, 4) is 11.4 Å². The summed E-state index contributed by atoms with van der Waals surface area (Å²) in [6, 6.07) is 4.37. The first-order valence-electron chi connectivity index (χ1n) is 8.09. The zero-order valence-corrected chi connectivity index (χ0v) is 13.7. The lowest BCUT2D eigenvalue weighted by molar-refractivity contribution is -0.127. The molecule has 4 rings (SSSR count). The molecule has 0 atom stereocenters. The maximum Gasteiger partial charge on any atom is 0.233 e. The quantitative estimate of drug-likeness (QED) is 0.788. The molecule has 7 heteroatoms. The molecule has 0 N–H and O–H groups in total.